The second kappa shape index (κ2) is 8.65. The number of ether oxygens (including phenoxy) is 1. The molecule has 2 fully saturated rings. The molecule has 0 aromatic heterocycles. The first-order chi connectivity index (χ1) is 12.1. The number of aryl methyl sites for hydroxylation is 1. The molecule has 0 unspecified atom stereocenters. The first-order valence-corrected chi connectivity index (χ1v) is 9.20. The number of benzene rings is 1. The molecule has 138 valence electrons. The van der Waals surface area contributed by atoms with Crippen molar-refractivity contribution < 1.29 is 14.6 Å². The van der Waals surface area contributed by atoms with Crippen LogP contribution < -0.4 is 10.1 Å². The van der Waals surface area contributed by atoms with Crippen LogP contribution in [0.3, 0.4) is 0 Å². The minimum Gasteiger partial charge on any atom is -0.491 e. The van der Waals surface area contributed by atoms with E-state index in [1.807, 2.05) is 31.2 Å². The van der Waals surface area contributed by atoms with Gasteiger partial charge in [-0.15, -0.1) is 0 Å². The fourth-order valence-electron chi connectivity index (χ4n) is 3.08. The van der Waals surface area contributed by atoms with Gasteiger partial charge < -0.3 is 15.2 Å². The molecule has 0 radical (unpaired) electrons. The van der Waals surface area contributed by atoms with Gasteiger partial charge in [-0.3, -0.25) is 14.6 Å². The Bertz CT molecular complexity index is 569. The van der Waals surface area contributed by atoms with E-state index < -0.39 is 6.10 Å². The van der Waals surface area contributed by atoms with E-state index in [-0.39, 0.29) is 5.91 Å². The Kier molecular flexibility index (Phi) is 6.29. The van der Waals surface area contributed by atoms with Gasteiger partial charge in [0, 0.05) is 38.8 Å². The Hall–Kier alpha value is -1.63. The quantitative estimate of drug-likeness (QED) is 0.722. The highest BCUT2D eigenvalue weighted by Crippen LogP contribution is 2.18. The number of rotatable bonds is 8. The SMILES string of the molecule is Cc1cccc(OC[C@H](O)CN2CCN(CC(=O)NC3CC3)CC2)c1. The summed E-state index contributed by atoms with van der Waals surface area (Å²) in [6, 6.07) is 8.28. The summed E-state index contributed by atoms with van der Waals surface area (Å²) in [5.41, 5.74) is 1.15. The smallest absolute Gasteiger partial charge is 0.234 e. The molecule has 1 aromatic carbocycles. The molecule has 1 heterocycles. The van der Waals surface area contributed by atoms with Crippen molar-refractivity contribution in [2.75, 3.05) is 45.9 Å². The molecular formula is C19H29N3O3. The van der Waals surface area contributed by atoms with Crippen molar-refractivity contribution >= 4 is 5.91 Å². The van der Waals surface area contributed by atoms with Gasteiger partial charge in [-0.1, -0.05) is 12.1 Å². The van der Waals surface area contributed by atoms with E-state index in [0.717, 1.165) is 50.3 Å². The summed E-state index contributed by atoms with van der Waals surface area (Å²) < 4.78 is 5.67. The van der Waals surface area contributed by atoms with Gasteiger partial charge in [0.1, 0.15) is 18.5 Å². The predicted molar refractivity (Wildman–Crippen MR) is 96.7 cm³/mol. The number of aliphatic hydroxyl groups excluding tert-OH is 1. The van der Waals surface area contributed by atoms with Gasteiger partial charge >= 0.3 is 0 Å². The van der Waals surface area contributed by atoms with Gasteiger partial charge in [0.25, 0.3) is 0 Å². The minimum absolute atomic E-state index is 0.141. The molecule has 1 saturated carbocycles. The van der Waals surface area contributed by atoms with Gasteiger partial charge in [0.15, 0.2) is 0 Å². The number of nitrogens with one attached hydrogen (secondary N) is 1. The number of hydrogen-bond acceptors (Lipinski definition) is 5. The summed E-state index contributed by atoms with van der Waals surface area (Å²) in [5.74, 6) is 0.938. The Morgan fingerprint density at radius 2 is 2.00 bits per heavy atom. The zero-order valence-electron chi connectivity index (χ0n) is 15.0. The van der Waals surface area contributed by atoms with Gasteiger partial charge in [-0.25, -0.2) is 0 Å². The third kappa shape index (κ3) is 6.30. The molecule has 1 aliphatic carbocycles. The molecule has 1 saturated heterocycles. The standard InChI is InChI=1S/C19H29N3O3/c1-15-3-2-4-18(11-15)25-14-17(23)12-21-7-9-22(10-8-21)13-19(24)20-16-5-6-16/h2-4,11,16-17,23H,5-10,12-14H2,1H3,(H,20,24)/t17-/m1/s1. The van der Waals surface area contributed by atoms with Crippen LogP contribution in [-0.4, -0.2) is 78.8 Å². The molecule has 0 spiro atoms. The van der Waals surface area contributed by atoms with Crippen LogP contribution in [-0.2, 0) is 4.79 Å². The lowest BCUT2D eigenvalue weighted by Crippen LogP contribution is -2.51. The highest BCUT2D eigenvalue weighted by atomic mass is 16.5. The van der Waals surface area contributed by atoms with Crippen LogP contribution in [0.1, 0.15) is 18.4 Å². The largest absolute Gasteiger partial charge is 0.491 e. The van der Waals surface area contributed by atoms with Crippen molar-refractivity contribution in [1.29, 1.82) is 0 Å². The minimum atomic E-state index is -0.509. The van der Waals surface area contributed by atoms with E-state index in [4.69, 9.17) is 4.74 Å². The summed E-state index contributed by atoms with van der Waals surface area (Å²) in [6.07, 6.45) is 1.74. The second-order valence-corrected chi connectivity index (χ2v) is 7.20. The topological polar surface area (TPSA) is 65.0 Å². The van der Waals surface area contributed by atoms with Crippen LogP contribution in [0.4, 0.5) is 0 Å². The molecule has 2 aliphatic rings. The normalized spacial score (nSPS) is 20.2. The van der Waals surface area contributed by atoms with E-state index in [1.54, 1.807) is 0 Å². The number of nitrogens with zero attached hydrogens (tertiary/aromatic N) is 2. The maximum atomic E-state index is 11.8. The van der Waals surface area contributed by atoms with Crippen LogP contribution >= 0.6 is 0 Å². The van der Waals surface area contributed by atoms with Crippen molar-refractivity contribution in [1.82, 2.24) is 15.1 Å². The molecule has 1 atom stereocenters. The fraction of sp³-hybridized carbons (Fsp3) is 0.632. The molecular weight excluding hydrogens is 318 g/mol. The highest BCUT2D eigenvalue weighted by molar-refractivity contribution is 5.78. The first-order valence-electron chi connectivity index (χ1n) is 9.20. The van der Waals surface area contributed by atoms with E-state index in [1.165, 1.54) is 0 Å². The number of β-amino-alcohol motifs (C(OH)–C–C–N with tert-alkyl or cyclic N) is 1. The van der Waals surface area contributed by atoms with Crippen LogP contribution in [0.25, 0.3) is 0 Å². The summed E-state index contributed by atoms with van der Waals surface area (Å²) >= 11 is 0. The van der Waals surface area contributed by atoms with Crippen molar-refractivity contribution in [3.8, 4) is 5.75 Å². The Morgan fingerprint density at radius 1 is 1.28 bits per heavy atom. The molecule has 3 rings (SSSR count). The molecule has 6 heteroatoms. The molecule has 1 aliphatic heterocycles. The van der Waals surface area contributed by atoms with E-state index in [0.29, 0.717) is 25.7 Å². The number of carbonyl (C=O) groups excluding carboxylic acids is 1. The summed E-state index contributed by atoms with van der Waals surface area (Å²) in [6.45, 7) is 6.89. The molecule has 6 nitrogen and oxygen atoms in total. The van der Waals surface area contributed by atoms with Crippen LogP contribution in [0.15, 0.2) is 24.3 Å². The molecule has 1 aromatic rings. The third-order valence-corrected chi connectivity index (χ3v) is 4.68. The molecule has 2 N–H and O–H groups in total. The van der Waals surface area contributed by atoms with Gasteiger partial charge in [0.2, 0.25) is 5.91 Å². The lowest BCUT2D eigenvalue weighted by molar-refractivity contribution is -0.122. The van der Waals surface area contributed by atoms with Crippen LogP contribution in [0, 0.1) is 6.92 Å². The van der Waals surface area contributed by atoms with Gasteiger partial charge in [0.05, 0.1) is 6.54 Å². The van der Waals surface area contributed by atoms with E-state index >= 15 is 0 Å². The molecule has 25 heavy (non-hydrogen) atoms. The number of piperazine rings is 1. The average molecular weight is 347 g/mol. The monoisotopic (exact) mass is 347 g/mol. The highest BCUT2D eigenvalue weighted by Gasteiger charge is 2.25. The Morgan fingerprint density at radius 3 is 2.68 bits per heavy atom. The first kappa shape index (κ1) is 18.2. The summed E-state index contributed by atoms with van der Waals surface area (Å²) in [5, 5.41) is 13.2. The van der Waals surface area contributed by atoms with Gasteiger partial charge in [-0.05, 0) is 37.5 Å². The second-order valence-electron chi connectivity index (χ2n) is 7.20. The third-order valence-electron chi connectivity index (χ3n) is 4.68. The lowest BCUT2D eigenvalue weighted by atomic mass is 10.2. The van der Waals surface area contributed by atoms with Crippen LogP contribution in [0.5, 0.6) is 5.75 Å². The van der Waals surface area contributed by atoms with Crippen molar-refractivity contribution in [3.05, 3.63) is 29.8 Å². The number of amides is 1. The van der Waals surface area contributed by atoms with Crippen molar-refractivity contribution in [2.45, 2.75) is 31.9 Å². The Labute approximate surface area is 149 Å². The van der Waals surface area contributed by atoms with E-state index in [9.17, 15) is 9.90 Å². The molecule has 1 amide bonds. The number of aliphatic hydroxyl groups is 1. The fourth-order valence-corrected chi connectivity index (χ4v) is 3.08. The molecule has 0 bridgehead atoms. The number of hydrogen-bond donors (Lipinski definition) is 2. The average Bonchev–Trinajstić information content (AvgIpc) is 3.39. The van der Waals surface area contributed by atoms with Crippen molar-refractivity contribution in [3.63, 3.8) is 0 Å². The zero-order valence-corrected chi connectivity index (χ0v) is 15.0. The maximum Gasteiger partial charge on any atom is 0.234 e. The van der Waals surface area contributed by atoms with Crippen LogP contribution in [0.2, 0.25) is 0 Å². The predicted octanol–water partition coefficient (Wildman–Crippen LogP) is 0.631. The lowest BCUT2D eigenvalue weighted by Gasteiger charge is -2.35. The van der Waals surface area contributed by atoms with Crippen molar-refractivity contribution in [2.24, 2.45) is 0 Å². The van der Waals surface area contributed by atoms with E-state index in [2.05, 4.69) is 15.1 Å². The summed E-state index contributed by atoms with van der Waals surface area (Å²) in [7, 11) is 0. The Balaban J connectivity index is 1.31. The maximum absolute atomic E-state index is 11.8. The number of carbonyl (C=O) groups is 1. The van der Waals surface area contributed by atoms with Gasteiger partial charge in [-0.2, -0.15) is 0 Å². The summed E-state index contributed by atoms with van der Waals surface area (Å²) in [4.78, 5) is 16.3. The zero-order chi connectivity index (χ0) is 17.6.